The molecular formula is C11H19NO3. The zero-order chi connectivity index (χ0) is 11.3. The second-order valence-corrected chi connectivity index (χ2v) is 4.14. The number of piperidine rings is 1. The van der Waals surface area contributed by atoms with Gasteiger partial charge in [-0.05, 0) is 32.6 Å². The van der Waals surface area contributed by atoms with Gasteiger partial charge < -0.3 is 5.11 Å². The first-order chi connectivity index (χ1) is 7.11. The van der Waals surface area contributed by atoms with Crippen LogP contribution in [0.2, 0.25) is 0 Å². The van der Waals surface area contributed by atoms with E-state index < -0.39 is 0 Å². The topological polar surface area (TPSA) is 57.6 Å². The molecule has 0 radical (unpaired) electrons. The van der Waals surface area contributed by atoms with Crippen molar-refractivity contribution in [2.75, 3.05) is 6.54 Å². The van der Waals surface area contributed by atoms with Crippen molar-refractivity contribution < 1.29 is 14.7 Å². The summed E-state index contributed by atoms with van der Waals surface area (Å²) in [6.45, 7) is 2.27. The lowest BCUT2D eigenvalue weighted by atomic mass is 10.1. The van der Waals surface area contributed by atoms with Gasteiger partial charge in [0.2, 0.25) is 11.8 Å². The molecule has 1 rings (SSSR count). The first kappa shape index (κ1) is 12.2. The predicted octanol–water partition coefficient (Wildman–Crippen LogP) is 1.08. The van der Waals surface area contributed by atoms with Crippen molar-refractivity contribution in [1.82, 2.24) is 4.90 Å². The predicted molar refractivity (Wildman–Crippen MR) is 56.1 cm³/mol. The molecule has 4 heteroatoms. The van der Waals surface area contributed by atoms with Gasteiger partial charge in [-0.1, -0.05) is 0 Å². The highest BCUT2D eigenvalue weighted by Crippen LogP contribution is 2.13. The summed E-state index contributed by atoms with van der Waals surface area (Å²) in [5, 5.41) is 9.05. The lowest BCUT2D eigenvalue weighted by molar-refractivity contribution is -0.147. The Kier molecular flexibility index (Phi) is 4.75. The number of rotatable bonds is 5. The molecular weight excluding hydrogens is 194 g/mol. The Morgan fingerprint density at radius 2 is 1.87 bits per heavy atom. The third-order valence-electron chi connectivity index (χ3n) is 2.64. The number of carbonyl (C=O) groups excluding carboxylic acids is 2. The number of imide groups is 1. The highest BCUT2D eigenvalue weighted by atomic mass is 16.3. The third kappa shape index (κ3) is 4.00. The quantitative estimate of drug-likeness (QED) is 0.549. The fraction of sp³-hybridized carbons (Fsp3) is 0.818. The van der Waals surface area contributed by atoms with Crippen LogP contribution in [0.4, 0.5) is 0 Å². The van der Waals surface area contributed by atoms with Crippen molar-refractivity contribution in [3.8, 4) is 0 Å². The van der Waals surface area contributed by atoms with Crippen LogP contribution in [0, 0.1) is 0 Å². The van der Waals surface area contributed by atoms with E-state index in [1.54, 1.807) is 6.92 Å². The molecule has 1 aliphatic heterocycles. The van der Waals surface area contributed by atoms with E-state index in [1.807, 2.05) is 0 Å². The van der Waals surface area contributed by atoms with Gasteiger partial charge in [0.1, 0.15) is 0 Å². The average molecular weight is 213 g/mol. The van der Waals surface area contributed by atoms with Crippen molar-refractivity contribution in [1.29, 1.82) is 0 Å². The van der Waals surface area contributed by atoms with Gasteiger partial charge in [0.15, 0.2) is 0 Å². The number of nitrogens with zero attached hydrogens (tertiary/aromatic N) is 1. The summed E-state index contributed by atoms with van der Waals surface area (Å²) in [5.41, 5.74) is 0. The minimum absolute atomic E-state index is 0.0386. The number of likely N-dealkylation sites (tertiary alicyclic amines) is 1. The van der Waals surface area contributed by atoms with E-state index in [9.17, 15) is 9.59 Å². The zero-order valence-electron chi connectivity index (χ0n) is 9.24. The van der Waals surface area contributed by atoms with E-state index in [-0.39, 0.29) is 17.9 Å². The van der Waals surface area contributed by atoms with Crippen molar-refractivity contribution in [3.05, 3.63) is 0 Å². The molecule has 1 saturated heterocycles. The molecule has 0 aliphatic carbocycles. The second-order valence-electron chi connectivity index (χ2n) is 4.14. The lowest BCUT2D eigenvalue weighted by Gasteiger charge is -2.24. The molecule has 0 spiro atoms. The monoisotopic (exact) mass is 213 g/mol. The molecule has 0 aromatic rings. The average Bonchev–Trinajstić information content (AvgIpc) is 2.15. The lowest BCUT2D eigenvalue weighted by Crippen LogP contribution is -2.40. The van der Waals surface area contributed by atoms with Gasteiger partial charge in [0, 0.05) is 19.4 Å². The van der Waals surface area contributed by atoms with Gasteiger partial charge >= 0.3 is 0 Å². The van der Waals surface area contributed by atoms with Gasteiger partial charge in [-0.3, -0.25) is 14.5 Å². The van der Waals surface area contributed by atoms with E-state index in [1.165, 1.54) is 4.90 Å². The van der Waals surface area contributed by atoms with E-state index >= 15 is 0 Å². The van der Waals surface area contributed by atoms with E-state index in [2.05, 4.69) is 0 Å². The maximum absolute atomic E-state index is 11.4. The van der Waals surface area contributed by atoms with E-state index in [0.29, 0.717) is 25.8 Å². The molecule has 4 nitrogen and oxygen atoms in total. The summed E-state index contributed by atoms with van der Waals surface area (Å²) in [5.74, 6) is -0.0772. The summed E-state index contributed by atoms with van der Waals surface area (Å²) in [4.78, 5) is 24.1. The number of amides is 2. The maximum Gasteiger partial charge on any atom is 0.229 e. The molecule has 15 heavy (non-hydrogen) atoms. The zero-order valence-corrected chi connectivity index (χ0v) is 9.24. The normalized spacial score (nSPS) is 19.5. The number of carbonyl (C=O) groups is 2. The van der Waals surface area contributed by atoms with Crippen molar-refractivity contribution in [2.24, 2.45) is 0 Å². The smallest absolute Gasteiger partial charge is 0.229 e. The number of aliphatic hydroxyl groups excluding tert-OH is 1. The number of aliphatic hydroxyl groups is 1. The number of unbranched alkanes of at least 4 members (excludes halogenated alkanes) is 1. The first-order valence-corrected chi connectivity index (χ1v) is 5.62. The van der Waals surface area contributed by atoms with Crippen molar-refractivity contribution in [2.45, 2.75) is 51.6 Å². The molecule has 1 fully saturated rings. The molecule has 0 saturated carbocycles. The minimum Gasteiger partial charge on any atom is -0.393 e. The van der Waals surface area contributed by atoms with Crippen LogP contribution in [-0.2, 0) is 9.59 Å². The standard InChI is InChI=1S/C11H19NO3/c1-9(13)5-2-3-8-12-10(14)6-4-7-11(12)15/h9,13H,2-8H2,1H3. The largest absolute Gasteiger partial charge is 0.393 e. The van der Waals surface area contributed by atoms with Crippen LogP contribution in [-0.4, -0.2) is 34.5 Å². The van der Waals surface area contributed by atoms with E-state index in [4.69, 9.17) is 5.11 Å². The fourth-order valence-corrected chi connectivity index (χ4v) is 1.76. The molecule has 1 aliphatic rings. The molecule has 1 atom stereocenters. The third-order valence-corrected chi connectivity index (χ3v) is 2.64. The number of hydrogen-bond acceptors (Lipinski definition) is 3. The molecule has 2 amide bonds. The van der Waals surface area contributed by atoms with Gasteiger partial charge in [-0.25, -0.2) is 0 Å². The molecule has 1 heterocycles. The first-order valence-electron chi connectivity index (χ1n) is 5.62. The molecule has 86 valence electrons. The highest BCUT2D eigenvalue weighted by molar-refractivity contribution is 5.97. The van der Waals surface area contributed by atoms with Crippen LogP contribution in [0.15, 0.2) is 0 Å². The van der Waals surface area contributed by atoms with Crippen molar-refractivity contribution >= 4 is 11.8 Å². The molecule has 0 aromatic heterocycles. The summed E-state index contributed by atoms with van der Waals surface area (Å²) in [6, 6.07) is 0. The fourth-order valence-electron chi connectivity index (χ4n) is 1.76. The maximum atomic E-state index is 11.4. The Morgan fingerprint density at radius 3 is 2.40 bits per heavy atom. The molecule has 0 aromatic carbocycles. The van der Waals surface area contributed by atoms with Crippen LogP contribution in [0.1, 0.15) is 45.4 Å². The SMILES string of the molecule is CC(O)CCCCN1C(=O)CCCC1=O. The minimum atomic E-state index is -0.294. The Labute approximate surface area is 90.3 Å². The summed E-state index contributed by atoms with van der Waals surface area (Å²) < 4.78 is 0. The summed E-state index contributed by atoms with van der Waals surface area (Å²) >= 11 is 0. The number of hydrogen-bond donors (Lipinski definition) is 1. The summed E-state index contributed by atoms with van der Waals surface area (Å²) in [6.07, 6.45) is 3.79. The molecule has 0 bridgehead atoms. The van der Waals surface area contributed by atoms with Crippen LogP contribution >= 0.6 is 0 Å². The Hall–Kier alpha value is -0.900. The van der Waals surface area contributed by atoms with E-state index in [0.717, 1.165) is 19.3 Å². The van der Waals surface area contributed by atoms with Crippen LogP contribution < -0.4 is 0 Å². The Bertz CT molecular complexity index is 222. The van der Waals surface area contributed by atoms with Crippen LogP contribution in [0.5, 0.6) is 0 Å². The van der Waals surface area contributed by atoms with Gasteiger partial charge in [-0.15, -0.1) is 0 Å². The van der Waals surface area contributed by atoms with Crippen LogP contribution in [0.25, 0.3) is 0 Å². The van der Waals surface area contributed by atoms with Crippen LogP contribution in [0.3, 0.4) is 0 Å². The molecule has 1 N–H and O–H groups in total. The molecule has 1 unspecified atom stereocenters. The van der Waals surface area contributed by atoms with Crippen molar-refractivity contribution in [3.63, 3.8) is 0 Å². The Balaban J connectivity index is 2.24. The highest BCUT2D eigenvalue weighted by Gasteiger charge is 2.24. The van der Waals surface area contributed by atoms with Gasteiger partial charge in [0.25, 0.3) is 0 Å². The van der Waals surface area contributed by atoms with Gasteiger partial charge in [-0.2, -0.15) is 0 Å². The second kappa shape index (κ2) is 5.85. The summed E-state index contributed by atoms with van der Waals surface area (Å²) in [7, 11) is 0. The Morgan fingerprint density at radius 1 is 1.27 bits per heavy atom. The van der Waals surface area contributed by atoms with Gasteiger partial charge in [0.05, 0.1) is 6.10 Å².